The number of hydrogen-bond donors (Lipinski definition) is 0. The van der Waals surface area contributed by atoms with Crippen molar-refractivity contribution in [2.75, 3.05) is 13.2 Å². The fraction of sp³-hybridized carbons (Fsp3) is 0.474. The average molecular weight is 360 g/mol. The van der Waals surface area contributed by atoms with E-state index in [0.29, 0.717) is 13.1 Å². The van der Waals surface area contributed by atoms with Gasteiger partial charge in [-0.25, -0.2) is 0 Å². The third-order valence-electron chi connectivity index (χ3n) is 4.77. The van der Waals surface area contributed by atoms with Crippen LogP contribution in [0.1, 0.15) is 40.0 Å². The van der Waals surface area contributed by atoms with E-state index in [0.717, 1.165) is 36.3 Å². The van der Waals surface area contributed by atoms with Gasteiger partial charge in [-0.05, 0) is 60.7 Å². The van der Waals surface area contributed by atoms with Crippen molar-refractivity contribution in [3.63, 3.8) is 0 Å². The van der Waals surface area contributed by atoms with E-state index in [9.17, 15) is 9.59 Å². The zero-order chi connectivity index (χ0) is 18.0. The van der Waals surface area contributed by atoms with Gasteiger partial charge >= 0.3 is 0 Å². The molecule has 3 rings (SSSR count). The minimum absolute atomic E-state index is 0.0530. The first-order valence-corrected chi connectivity index (χ1v) is 9.51. The summed E-state index contributed by atoms with van der Waals surface area (Å²) in [6.45, 7) is 5.47. The van der Waals surface area contributed by atoms with Crippen molar-refractivity contribution in [1.82, 2.24) is 9.47 Å². The average Bonchev–Trinajstić information content (AvgIpc) is 3.26. The van der Waals surface area contributed by atoms with E-state index in [1.807, 2.05) is 36.7 Å². The fourth-order valence-corrected chi connectivity index (χ4v) is 3.91. The van der Waals surface area contributed by atoms with Gasteiger partial charge in [0.05, 0.1) is 6.10 Å². The summed E-state index contributed by atoms with van der Waals surface area (Å²) in [6, 6.07) is 3.91. The summed E-state index contributed by atoms with van der Waals surface area (Å²) in [5.41, 5.74) is 2.69. The summed E-state index contributed by atoms with van der Waals surface area (Å²) in [5.74, 6) is -0.209. The van der Waals surface area contributed by atoms with E-state index in [-0.39, 0.29) is 23.1 Å². The first-order chi connectivity index (χ1) is 12.0. The first kappa shape index (κ1) is 17.9. The molecule has 0 aromatic carbocycles. The Morgan fingerprint density at radius 1 is 1.44 bits per heavy atom. The van der Waals surface area contributed by atoms with Gasteiger partial charge in [0.15, 0.2) is 0 Å². The molecule has 0 unspecified atom stereocenters. The number of rotatable bonds is 5. The number of aryl methyl sites for hydroxylation is 2. The van der Waals surface area contributed by atoms with Crippen LogP contribution in [0, 0.1) is 13.8 Å². The van der Waals surface area contributed by atoms with Crippen molar-refractivity contribution in [1.29, 1.82) is 0 Å². The molecule has 1 fully saturated rings. The summed E-state index contributed by atoms with van der Waals surface area (Å²) >= 11 is 1.61. The molecule has 1 saturated heterocycles. The zero-order valence-electron chi connectivity index (χ0n) is 14.9. The number of nitrogens with zero attached hydrogens (tertiary/aromatic N) is 2. The number of thiophene rings is 1. The summed E-state index contributed by atoms with van der Waals surface area (Å²) in [7, 11) is 1.71. The van der Waals surface area contributed by atoms with Crippen LogP contribution in [0.2, 0.25) is 0 Å². The highest BCUT2D eigenvalue weighted by atomic mass is 32.1. The van der Waals surface area contributed by atoms with Crippen molar-refractivity contribution < 1.29 is 9.53 Å². The molecule has 1 atom stereocenters. The number of carbonyl (C=O) groups is 1. The highest BCUT2D eigenvalue weighted by molar-refractivity contribution is 7.07. The standard InChI is InChI=1S/C19H24N2O3S/c1-13-9-14(2)20(3)18(22)17(13)19(23)21(10-15-6-8-25-12-15)11-16-5-4-7-24-16/h6,8-9,12,16H,4-5,7,10-11H2,1-3H3/t16-/m0/s1. The molecule has 0 saturated carbocycles. The van der Waals surface area contributed by atoms with Crippen LogP contribution < -0.4 is 5.56 Å². The Morgan fingerprint density at radius 3 is 2.88 bits per heavy atom. The first-order valence-electron chi connectivity index (χ1n) is 8.56. The molecule has 0 aliphatic carbocycles. The molecular weight excluding hydrogens is 336 g/mol. The quantitative estimate of drug-likeness (QED) is 0.824. The van der Waals surface area contributed by atoms with Crippen LogP contribution in [0.25, 0.3) is 0 Å². The van der Waals surface area contributed by atoms with E-state index in [1.165, 1.54) is 4.57 Å². The monoisotopic (exact) mass is 360 g/mol. The maximum atomic E-state index is 13.2. The summed E-state index contributed by atoms with van der Waals surface area (Å²) in [5, 5.41) is 4.04. The van der Waals surface area contributed by atoms with Gasteiger partial charge in [0.1, 0.15) is 5.56 Å². The summed E-state index contributed by atoms with van der Waals surface area (Å²) in [4.78, 5) is 27.7. The number of aromatic nitrogens is 1. The maximum absolute atomic E-state index is 13.2. The Balaban J connectivity index is 1.93. The zero-order valence-corrected chi connectivity index (χ0v) is 15.8. The Hall–Kier alpha value is -1.92. The molecule has 1 amide bonds. The highest BCUT2D eigenvalue weighted by Gasteiger charge is 2.27. The molecule has 2 aromatic heterocycles. The second-order valence-electron chi connectivity index (χ2n) is 6.66. The normalized spacial score (nSPS) is 17.0. The highest BCUT2D eigenvalue weighted by Crippen LogP contribution is 2.19. The van der Waals surface area contributed by atoms with Gasteiger partial charge in [-0.1, -0.05) is 0 Å². The van der Waals surface area contributed by atoms with Crippen LogP contribution in [-0.4, -0.2) is 34.6 Å². The van der Waals surface area contributed by atoms with Gasteiger partial charge < -0.3 is 14.2 Å². The predicted molar refractivity (Wildman–Crippen MR) is 99.2 cm³/mol. The lowest BCUT2D eigenvalue weighted by Gasteiger charge is -2.26. The number of amides is 1. The van der Waals surface area contributed by atoms with Crippen LogP contribution in [0.3, 0.4) is 0 Å². The van der Waals surface area contributed by atoms with E-state index < -0.39 is 0 Å². The smallest absolute Gasteiger partial charge is 0.263 e. The molecule has 1 aliphatic heterocycles. The minimum atomic E-state index is -0.231. The number of pyridine rings is 1. The van der Waals surface area contributed by atoms with Crippen molar-refractivity contribution in [3.05, 3.63) is 55.6 Å². The molecule has 0 radical (unpaired) electrons. The second-order valence-corrected chi connectivity index (χ2v) is 7.44. The Kier molecular flexibility index (Phi) is 5.39. The number of hydrogen-bond acceptors (Lipinski definition) is 4. The SMILES string of the molecule is Cc1cc(C)n(C)c(=O)c1C(=O)N(Cc1ccsc1)C[C@@H]1CCCO1. The maximum Gasteiger partial charge on any atom is 0.263 e. The molecule has 25 heavy (non-hydrogen) atoms. The van der Waals surface area contributed by atoms with Crippen LogP contribution in [0.5, 0.6) is 0 Å². The van der Waals surface area contributed by atoms with Crippen LogP contribution in [0.15, 0.2) is 27.7 Å². The lowest BCUT2D eigenvalue weighted by molar-refractivity contribution is 0.0505. The molecule has 0 N–H and O–H groups in total. The number of carbonyl (C=O) groups excluding carboxylic acids is 1. The molecule has 3 heterocycles. The number of ether oxygens (including phenoxy) is 1. The summed E-state index contributed by atoms with van der Waals surface area (Å²) < 4.78 is 7.25. The Morgan fingerprint density at radius 2 is 2.24 bits per heavy atom. The van der Waals surface area contributed by atoms with Crippen LogP contribution in [0.4, 0.5) is 0 Å². The van der Waals surface area contributed by atoms with Crippen LogP contribution >= 0.6 is 11.3 Å². The second kappa shape index (κ2) is 7.54. The van der Waals surface area contributed by atoms with Crippen molar-refractivity contribution >= 4 is 17.2 Å². The third-order valence-corrected chi connectivity index (χ3v) is 5.50. The molecule has 1 aliphatic rings. The van der Waals surface area contributed by atoms with Gasteiger partial charge in [-0.2, -0.15) is 11.3 Å². The molecule has 2 aromatic rings. The lowest BCUT2D eigenvalue weighted by atomic mass is 10.1. The van der Waals surface area contributed by atoms with Crippen molar-refractivity contribution in [2.45, 2.75) is 39.3 Å². The predicted octanol–water partition coefficient (Wildman–Crippen LogP) is 2.89. The lowest BCUT2D eigenvalue weighted by Crippen LogP contribution is -2.41. The topological polar surface area (TPSA) is 51.5 Å². The van der Waals surface area contributed by atoms with Gasteiger partial charge in [0, 0.05) is 32.4 Å². The molecular formula is C19H24N2O3S. The van der Waals surface area contributed by atoms with Crippen molar-refractivity contribution in [2.24, 2.45) is 7.05 Å². The van der Waals surface area contributed by atoms with Crippen molar-refractivity contribution in [3.8, 4) is 0 Å². The van der Waals surface area contributed by atoms with Gasteiger partial charge in [0.25, 0.3) is 11.5 Å². The van der Waals surface area contributed by atoms with E-state index in [4.69, 9.17) is 4.74 Å². The van der Waals surface area contributed by atoms with E-state index in [1.54, 1.807) is 23.3 Å². The van der Waals surface area contributed by atoms with Gasteiger partial charge in [-0.15, -0.1) is 0 Å². The van der Waals surface area contributed by atoms with E-state index >= 15 is 0 Å². The largest absolute Gasteiger partial charge is 0.376 e. The Bertz CT molecular complexity index is 805. The molecule has 5 nitrogen and oxygen atoms in total. The minimum Gasteiger partial charge on any atom is -0.376 e. The molecule has 0 bridgehead atoms. The molecule has 6 heteroatoms. The fourth-order valence-electron chi connectivity index (χ4n) is 3.25. The van der Waals surface area contributed by atoms with Gasteiger partial charge in [-0.3, -0.25) is 9.59 Å². The van der Waals surface area contributed by atoms with E-state index in [2.05, 4.69) is 0 Å². The molecule has 0 spiro atoms. The van der Waals surface area contributed by atoms with Crippen LogP contribution in [-0.2, 0) is 18.3 Å². The van der Waals surface area contributed by atoms with Gasteiger partial charge in [0.2, 0.25) is 0 Å². The third kappa shape index (κ3) is 3.85. The Labute approximate surface area is 151 Å². The molecule has 134 valence electrons. The summed E-state index contributed by atoms with van der Waals surface area (Å²) in [6.07, 6.45) is 2.03.